The van der Waals surface area contributed by atoms with Gasteiger partial charge in [-0.3, -0.25) is 14.2 Å². The van der Waals surface area contributed by atoms with E-state index < -0.39 is 5.97 Å². The number of hydrogen-bond donors (Lipinski definition) is 2. The summed E-state index contributed by atoms with van der Waals surface area (Å²) in [7, 11) is 0. The number of amides is 2. The molecule has 4 aromatic rings. The minimum atomic E-state index is -0.400. The van der Waals surface area contributed by atoms with Gasteiger partial charge in [0.25, 0.3) is 5.91 Å². The Morgan fingerprint density at radius 1 is 1.16 bits per heavy atom. The van der Waals surface area contributed by atoms with Crippen molar-refractivity contribution in [2.75, 3.05) is 17.7 Å². The molecule has 1 atom stereocenters. The van der Waals surface area contributed by atoms with Crippen molar-refractivity contribution < 1.29 is 23.5 Å². The molecule has 0 saturated carbocycles. The Bertz CT molecular complexity index is 1700. The van der Waals surface area contributed by atoms with Crippen molar-refractivity contribution in [3.05, 3.63) is 75.3 Å². The summed E-state index contributed by atoms with van der Waals surface area (Å²) in [5, 5.41) is 15.6. The standard InChI is InChI=1S/C33H39N5O5S2/c1-7-42-31(41)28-22-14-13-21(33(4,5)6)16-25(22)45-30(28)35-27(39)18-44-32-37-36-26(17-34-29(40)24-12-9-15-43-24)38(32)23-11-8-10-19(2)20(23)3/h8-12,15,21H,7,13-14,16-18H2,1-6H3,(H,34,40)(H,35,39). The molecule has 45 heavy (non-hydrogen) atoms. The van der Waals surface area contributed by atoms with Gasteiger partial charge in [-0.05, 0) is 86.3 Å². The summed E-state index contributed by atoms with van der Waals surface area (Å²) in [5.41, 5.74) is 4.60. The normalized spacial score (nSPS) is 14.6. The van der Waals surface area contributed by atoms with Crippen LogP contribution in [0.3, 0.4) is 0 Å². The number of esters is 1. The molecular formula is C33H39N5O5S2. The van der Waals surface area contributed by atoms with Gasteiger partial charge in [0.05, 0.1) is 36.4 Å². The Balaban J connectivity index is 1.36. The maximum absolute atomic E-state index is 13.4. The molecular weight excluding hydrogens is 611 g/mol. The van der Waals surface area contributed by atoms with Crippen LogP contribution in [0.25, 0.3) is 5.69 Å². The Morgan fingerprint density at radius 2 is 1.96 bits per heavy atom. The first-order valence-electron chi connectivity index (χ1n) is 15.0. The van der Waals surface area contributed by atoms with E-state index in [9.17, 15) is 14.4 Å². The first-order chi connectivity index (χ1) is 21.5. The second-order valence-electron chi connectivity index (χ2n) is 12.2. The molecule has 0 saturated heterocycles. The molecule has 3 heterocycles. The summed E-state index contributed by atoms with van der Waals surface area (Å²) in [6.07, 6.45) is 4.08. The van der Waals surface area contributed by atoms with Crippen LogP contribution >= 0.6 is 23.1 Å². The number of nitrogens with zero attached hydrogens (tertiary/aromatic N) is 3. The number of aromatic nitrogens is 3. The molecule has 10 nitrogen and oxygen atoms in total. The second-order valence-corrected chi connectivity index (χ2v) is 14.2. The van der Waals surface area contributed by atoms with E-state index in [1.165, 1.54) is 29.4 Å². The highest BCUT2D eigenvalue weighted by Crippen LogP contribution is 2.44. The van der Waals surface area contributed by atoms with E-state index in [2.05, 4.69) is 41.6 Å². The SMILES string of the molecule is CCOC(=O)c1c(NC(=O)CSc2nnc(CNC(=O)c3ccco3)n2-c2cccc(C)c2C)sc2c1CCC(C(C)(C)C)C2. The summed E-state index contributed by atoms with van der Waals surface area (Å²) in [5.74, 6) is 0.210. The number of thioether (sulfide) groups is 1. The van der Waals surface area contributed by atoms with Crippen molar-refractivity contribution in [1.29, 1.82) is 0 Å². The number of carbonyl (C=O) groups is 3. The third-order valence-electron chi connectivity index (χ3n) is 8.22. The Morgan fingerprint density at radius 3 is 2.67 bits per heavy atom. The highest BCUT2D eigenvalue weighted by Gasteiger charge is 2.34. The lowest BCUT2D eigenvalue weighted by Crippen LogP contribution is -2.26. The van der Waals surface area contributed by atoms with Crippen LogP contribution in [0.2, 0.25) is 0 Å². The Hall–Kier alpha value is -3.90. The fraction of sp³-hybridized carbons (Fsp3) is 0.424. The number of ether oxygens (including phenoxy) is 1. The topological polar surface area (TPSA) is 128 Å². The quantitative estimate of drug-likeness (QED) is 0.147. The number of hydrogen-bond acceptors (Lipinski definition) is 9. The number of anilines is 1. The fourth-order valence-electron chi connectivity index (χ4n) is 5.51. The smallest absolute Gasteiger partial charge is 0.341 e. The summed E-state index contributed by atoms with van der Waals surface area (Å²) < 4.78 is 12.5. The van der Waals surface area contributed by atoms with Crippen molar-refractivity contribution in [2.24, 2.45) is 11.3 Å². The zero-order valence-corrected chi connectivity index (χ0v) is 28.1. The minimum absolute atomic E-state index is 0.0389. The van der Waals surface area contributed by atoms with E-state index in [4.69, 9.17) is 9.15 Å². The zero-order valence-electron chi connectivity index (χ0n) is 26.5. The first kappa shape index (κ1) is 32.5. The number of thiophene rings is 1. The number of carbonyl (C=O) groups excluding carboxylic acids is 3. The zero-order chi connectivity index (χ0) is 32.3. The summed E-state index contributed by atoms with van der Waals surface area (Å²) in [6, 6.07) is 9.17. The van der Waals surface area contributed by atoms with E-state index >= 15 is 0 Å². The van der Waals surface area contributed by atoms with Crippen LogP contribution in [0.1, 0.15) is 82.4 Å². The van der Waals surface area contributed by atoms with Crippen LogP contribution in [0.4, 0.5) is 5.00 Å². The van der Waals surface area contributed by atoms with Crippen LogP contribution in [0, 0.1) is 25.2 Å². The third-order valence-corrected chi connectivity index (χ3v) is 10.3. The molecule has 2 amide bonds. The summed E-state index contributed by atoms with van der Waals surface area (Å²) >= 11 is 2.71. The van der Waals surface area contributed by atoms with E-state index in [1.807, 2.05) is 36.6 Å². The average Bonchev–Trinajstić information content (AvgIpc) is 3.74. The highest BCUT2D eigenvalue weighted by atomic mass is 32.2. The molecule has 238 valence electrons. The van der Waals surface area contributed by atoms with Gasteiger partial charge in [0.1, 0.15) is 5.00 Å². The first-order valence-corrected chi connectivity index (χ1v) is 16.8. The Labute approximate surface area is 271 Å². The van der Waals surface area contributed by atoms with Gasteiger partial charge in [-0.25, -0.2) is 4.79 Å². The van der Waals surface area contributed by atoms with Crippen molar-refractivity contribution >= 4 is 45.9 Å². The molecule has 0 aliphatic heterocycles. The van der Waals surface area contributed by atoms with Crippen molar-refractivity contribution in [3.8, 4) is 5.69 Å². The molecule has 0 radical (unpaired) electrons. The molecule has 0 fully saturated rings. The van der Waals surface area contributed by atoms with Crippen molar-refractivity contribution in [3.63, 3.8) is 0 Å². The highest BCUT2D eigenvalue weighted by molar-refractivity contribution is 7.99. The molecule has 1 aromatic carbocycles. The van der Waals surface area contributed by atoms with Gasteiger partial charge < -0.3 is 19.8 Å². The lowest BCUT2D eigenvalue weighted by Gasteiger charge is -2.33. The molecule has 2 N–H and O–H groups in total. The third kappa shape index (κ3) is 7.17. The monoisotopic (exact) mass is 649 g/mol. The number of nitrogens with one attached hydrogen (secondary N) is 2. The van der Waals surface area contributed by atoms with Gasteiger partial charge in [0, 0.05) is 4.88 Å². The number of benzene rings is 1. The predicted octanol–water partition coefficient (Wildman–Crippen LogP) is 6.53. The number of furan rings is 1. The number of rotatable bonds is 10. The van der Waals surface area contributed by atoms with E-state index in [-0.39, 0.29) is 41.9 Å². The van der Waals surface area contributed by atoms with Gasteiger partial charge in [-0.1, -0.05) is 44.7 Å². The lowest BCUT2D eigenvalue weighted by molar-refractivity contribution is -0.113. The molecule has 1 unspecified atom stereocenters. The van der Waals surface area contributed by atoms with E-state index in [0.717, 1.165) is 46.5 Å². The van der Waals surface area contributed by atoms with Gasteiger partial charge in [-0.15, -0.1) is 21.5 Å². The number of fused-ring (bicyclic) bond motifs is 1. The maximum atomic E-state index is 13.4. The van der Waals surface area contributed by atoms with Crippen molar-refractivity contribution in [1.82, 2.24) is 20.1 Å². The molecule has 1 aliphatic carbocycles. The molecule has 0 spiro atoms. The van der Waals surface area contributed by atoms with E-state index in [1.54, 1.807) is 19.1 Å². The van der Waals surface area contributed by atoms with E-state index in [0.29, 0.717) is 27.5 Å². The summed E-state index contributed by atoms with van der Waals surface area (Å²) in [4.78, 5) is 40.1. The van der Waals surface area contributed by atoms with Gasteiger partial charge in [0.2, 0.25) is 5.91 Å². The molecule has 0 bridgehead atoms. The largest absolute Gasteiger partial charge is 0.462 e. The average molecular weight is 650 g/mol. The van der Waals surface area contributed by atoms with Gasteiger partial charge in [0.15, 0.2) is 16.7 Å². The van der Waals surface area contributed by atoms with Crippen LogP contribution in [0.5, 0.6) is 0 Å². The maximum Gasteiger partial charge on any atom is 0.341 e. The molecule has 1 aliphatic rings. The van der Waals surface area contributed by atoms with Crippen molar-refractivity contribution in [2.45, 2.75) is 72.5 Å². The number of aryl methyl sites for hydroxylation is 1. The molecule has 3 aromatic heterocycles. The summed E-state index contributed by atoms with van der Waals surface area (Å²) in [6.45, 7) is 12.9. The van der Waals surface area contributed by atoms with Gasteiger partial charge in [-0.2, -0.15) is 0 Å². The van der Waals surface area contributed by atoms with Crippen LogP contribution in [-0.4, -0.2) is 44.9 Å². The fourth-order valence-corrected chi connectivity index (χ4v) is 7.60. The minimum Gasteiger partial charge on any atom is -0.462 e. The predicted molar refractivity (Wildman–Crippen MR) is 175 cm³/mol. The van der Waals surface area contributed by atoms with Gasteiger partial charge >= 0.3 is 5.97 Å². The lowest BCUT2D eigenvalue weighted by atomic mass is 9.72. The molecule has 12 heteroatoms. The Kier molecular flexibility index (Phi) is 9.83. The van der Waals surface area contributed by atoms with Crippen LogP contribution in [0.15, 0.2) is 46.2 Å². The van der Waals surface area contributed by atoms with Crippen LogP contribution < -0.4 is 10.6 Å². The second kappa shape index (κ2) is 13.6. The molecule has 5 rings (SSSR count). The van der Waals surface area contributed by atoms with Crippen LogP contribution in [-0.2, 0) is 28.9 Å².